The largest absolute Gasteiger partial charge is 0.444 e. The van der Waals surface area contributed by atoms with Gasteiger partial charge in [-0.2, -0.15) is 0 Å². The minimum absolute atomic E-state index is 0.0917. The molecule has 1 unspecified atom stereocenters. The molecule has 6 heteroatoms. The zero-order valence-electron chi connectivity index (χ0n) is 13.6. The molecule has 1 rings (SSSR count). The molecule has 1 N–H and O–H groups in total. The molecule has 1 aliphatic heterocycles. The van der Waals surface area contributed by atoms with E-state index >= 15 is 0 Å². The summed E-state index contributed by atoms with van der Waals surface area (Å²) in [6.45, 7) is 11.2. The lowest BCUT2D eigenvalue weighted by Gasteiger charge is -2.31. The molecule has 6 nitrogen and oxygen atoms in total. The SMILES string of the molecule is CC(C=O)C[C@@H](CN1CCOCC1)NC(=O)OC(C)(C)C. The van der Waals surface area contributed by atoms with Gasteiger partial charge in [0.25, 0.3) is 0 Å². The van der Waals surface area contributed by atoms with E-state index in [0.717, 1.165) is 19.4 Å². The van der Waals surface area contributed by atoms with Crippen molar-refractivity contribution < 1.29 is 19.1 Å². The van der Waals surface area contributed by atoms with Gasteiger partial charge in [0.05, 0.1) is 13.2 Å². The van der Waals surface area contributed by atoms with E-state index in [1.54, 1.807) is 0 Å². The monoisotopic (exact) mass is 300 g/mol. The number of carbonyl (C=O) groups is 2. The van der Waals surface area contributed by atoms with E-state index in [2.05, 4.69) is 10.2 Å². The van der Waals surface area contributed by atoms with E-state index in [0.29, 0.717) is 26.2 Å². The number of rotatable bonds is 6. The summed E-state index contributed by atoms with van der Waals surface area (Å²) >= 11 is 0. The van der Waals surface area contributed by atoms with E-state index in [1.165, 1.54) is 0 Å². The Bertz CT molecular complexity index is 335. The highest BCUT2D eigenvalue weighted by Crippen LogP contribution is 2.10. The normalized spacial score (nSPS) is 19.6. The van der Waals surface area contributed by atoms with Crippen LogP contribution in [0.5, 0.6) is 0 Å². The molecule has 0 aliphatic carbocycles. The van der Waals surface area contributed by atoms with Crippen LogP contribution in [0.3, 0.4) is 0 Å². The van der Waals surface area contributed by atoms with Crippen molar-refractivity contribution in [1.29, 1.82) is 0 Å². The summed E-state index contributed by atoms with van der Waals surface area (Å²) in [4.78, 5) is 25.0. The van der Waals surface area contributed by atoms with Crippen molar-refractivity contribution in [2.75, 3.05) is 32.8 Å². The molecule has 0 saturated carbocycles. The molecule has 0 aromatic carbocycles. The summed E-state index contributed by atoms with van der Waals surface area (Å²) in [6.07, 6.45) is 1.10. The van der Waals surface area contributed by atoms with Crippen LogP contribution >= 0.6 is 0 Å². The lowest BCUT2D eigenvalue weighted by molar-refractivity contribution is -0.111. The second-order valence-corrected chi connectivity index (χ2v) is 6.61. The predicted octanol–water partition coefficient (Wildman–Crippen LogP) is 1.44. The number of hydrogen-bond acceptors (Lipinski definition) is 5. The Kier molecular flexibility index (Phi) is 7.11. The van der Waals surface area contributed by atoms with E-state index in [9.17, 15) is 9.59 Å². The number of nitrogens with one attached hydrogen (secondary N) is 1. The zero-order chi connectivity index (χ0) is 15.9. The van der Waals surface area contributed by atoms with Crippen LogP contribution in [0.25, 0.3) is 0 Å². The van der Waals surface area contributed by atoms with Crippen LogP contribution < -0.4 is 5.32 Å². The number of ether oxygens (including phenoxy) is 2. The van der Waals surface area contributed by atoms with Crippen LogP contribution in [0, 0.1) is 5.92 Å². The fourth-order valence-electron chi connectivity index (χ4n) is 2.25. The molecule has 0 spiro atoms. The molecule has 0 aromatic heterocycles. The van der Waals surface area contributed by atoms with E-state index in [1.807, 2.05) is 27.7 Å². The van der Waals surface area contributed by atoms with Crippen molar-refractivity contribution in [2.45, 2.75) is 45.8 Å². The topological polar surface area (TPSA) is 67.9 Å². The van der Waals surface area contributed by atoms with Gasteiger partial charge in [-0.05, 0) is 27.2 Å². The third-order valence-electron chi connectivity index (χ3n) is 3.19. The van der Waals surface area contributed by atoms with Crippen LogP contribution in [0.1, 0.15) is 34.1 Å². The Morgan fingerprint density at radius 2 is 2.00 bits per heavy atom. The first-order valence-electron chi connectivity index (χ1n) is 7.55. The molecule has 122 valence electrons. The maximum atomic E-state index is 11.9. The molecule has 0 aromatic rings. The van der Waals surface area contributed by atoms with Gasteiger partial charge in [0.1, 0.15) is 11.9 Å². The average molecular weight is 300 g/mol. The minimum atomic E-state index is -0.524. The molecule has 1 aliphatic rings. The first-order valence-corrected chi connectivity index (χ1v) is 7.55. The van der Waals surface area contributed by atoms with Gasteiger partial charge in [0, 0.05) is 31.6 Å². The molecular weight excluding hydrogens is 272 g/mol. The molecule has 1 heterocycles. The Hall–Kier alpha value is -1.14. The Morgan fingerprint density at radius 1 is 1.38 bits per heavy atom. The summed E-state index contributed by atoms with van der Waals surface area (Å²) in [7, 11) is 0. The molecule has 0 bridgehead atoms. The van der Waals surface area contributed by atoms with Crippen LogP contribution in [0.15, 0.2) is 0 Å². The summed E-state index contributed by atoms with van der Waals surface area (Å²) in [6, 6.07) is -0.0989. The number of amides is 1. The number of carbonyl (C=O) groups excluding carboxylic acids is 2. The number of nitrogens with zero attached hydrogens (tertiary/aromatic N) is 1. The fraction of sp³-hybridized carbons (Fsp3) is 0.867. The maximum absolute atomic E-state index is 11.9. The van der Waals surface area contributed by atoms with E-state index < -0.39 is 11.7 Å². The number of aldehydes is 1. The first kappa shape index (κ1) is 17.9. The molecule has 1 amide bonds. The maximum Gasteiger partial charge on any atom is 0.407 e. The van der Waals surface area contributed by atoms with Crippen molar-refractivity contribution in [1.82, 2.24) is 10.2 Å². The highest BCUT2D eigenvalue weighted by molar-refractivity contribution is 5.68. The second kappa shape index (κ2) is 8.34. The quantitative estimate of drug-likeness (QED) is 0.752. The van der Waals surface area contributed by atoms with Gasteiger partial charge in [0.15, 0.2) is 0 Å². The van der Waals surface area contributed by atoms with Crippen molar-refractivity contribution >= 4 is 12.4 Å². The number of morpholine rings is 1. The molecule has 0 radical (unpaired) electrons. The predicted molar refractivity (Wildman–Crippen MR) is 80.3 cm³/mol. The summed E-state index contributed by atoms with van der Waals surface area (Å²) < 4.78 is 10.6. The molecule has 1 fully saturated rings. The van der Waals surface area contributed by atoms with Gasteiger partial charge in [-0.1, -0.05) is 6.92 Å². The standard InChI is InChI=1S/C15H28N2O4/c1-12(11-18)9-13(10-17-5-7-20-8-6-17)16-14(19)21-15(2,3)4/h11-13H,5-10H2,1-4H3,(H,16,19)/t12?,13-/m0/s1. The van der Waals surface area contributed by atoms with Crippen molar-refractivity contribution in [3.8, 4) is 0 Å². The Morgan fingerprint density at radius 3 is 2.52 bits per heavy atom. The van der Waals surface area contributed by atoms with Crippen molar-refractivity contribution in [3.05, 3.63) is 0 Å². The fourth-order valence-corrected chi connectivity index (χ4v) is 2.25. The smallest absolute Gasteiger partial charge is 0.407 e. The van der Waals surface area contributed by atoms with Crippen LogP contribution in [-0.4, -0.2) is 61.8 Å². The van der Waals surface area contributed by atoms with E-state index in [4.69, 9.17) is 9.47 Å². The highest BCUT2D eigenvalue weighted by Gasteiger charge is 2.23. The van der Waals surface area contributed by atoms with Gasteiger partial charge < -0.3 is 19.6 Å². The molecule has 1 saturated heterocycles. The number of hydrogen-bond donors (Lipinski definition) is 1. The average Bonchev–Trinajstić information content (AvgIpc) is 2.37. The lowest BCUT2D eigenvalue weighted by atomic mass is 10.0. The minimum Gasteiger partial charge on any atom is -0.444 e. The van der Waals surface area contributed by atoms with Crippen molar-refractivity contribution in [2.24, 2.45) is 5.92 Å². The molecule has 21 heavy (non-hydrogen) atoms. The van der Waals surface area contributed by atoms with Crippen LogP contribution in [0.2, 0.25) is 0 Å². The third-order valence-corrected chi connectivity index (χ3v) is 3.19. The highest BCUT2D eigenvalue weighted by atomic mass is 16.6. The lowest BCUT2D eigenvalue weighted by Crippen LogP contribution is -2.49. The van der Waals surface area contributed by atoms with Gasteiger partial charge >= 0.3 is 6.09 Å². The zero-order valence-corrected chi connectivity index (χ0v) is 13.6. The van der Waals surface area contributed by atoms with Crippen LogP contribution in [0.4, 0.5) is 4.79 Å². The van der Waals surface area contributed by atoms with Crippen LogP contribution in [-0.2, 0) is 14.3 Å². The number of alkyl carbamates (subject to hydrolysis) is 1. The van der Waals surface area contributed by atoms with Crippen molar-refractivity contribution in [3.63, 3.8) is 0 Å². The molecule has 2 atom stereocenters. The summed E-state index contributed by atoms with van der Waals surface area (Å²) in [5.41, 5.74) is -0.524. The summed E-state index contributed by atoms with van der Waals surface area (Å²) in [5, 5.41) is 2.88. The van der Waals surface area contributed by atoms with Gasteiger partial charge in [-0.3, -0.25) is 4.90 Å². The van der Waals surface area contributed by atoms with Gasteiger partial charge in [0.2, 0.25) is 0 Å². The van der Waals surface area contributed by atoms with Gasteiger partial charge in [-0.15, -0.1) is 0 Å². The van der Waals surface area contributed by atoms with Gasteiger partial charge in [-0.25, -0.2) is 4.79 Å². The first-order chi connectivity index (χ1) is 9.80. The molecular formula is C15H28N2O4. The Labute approximate surface area is 127 Å². The third kappa shape index (κ3) is 8.02. The Balaban J connectivity index is 2.54. The van der Waals surface area contributed by atoms with E-state index in [-0.39, 0.29) is 12.0 Å². The second-order valence-electron chi connectivity index (χ2n) is 6.61. The summed E-state index contributed by atoms with van der Waals surface area (Å²) in [5.74, 6) is -0.0917.